The molecule has 0 amide bonds. The van der Waals surface area contributed by atoms with Crippen molar-refractivity contribution < 1.29 is 36.2 Å². The number of anilines is 1. The SMILES string of the molecule is COC(=O)C(C)(C)CC1Cc2ccc(OCc3c(F)cccc3Cl)cc2N(S(=O)(=O)c2ccc(F)c(OC)c2)C1. The van der Waals surface area contributed by atoms with E-state index in [-0.39, 0.29) is 40.3 Å². The molecule has 0 aromatic heterocycles. The van der Waals surface area contributed by atoms with Gasteiger partial charge in [0.2, 0.25) is 0 Å². The topological polar surface area (TPSA) is 82.1 Å². The number of fused-ring (bicyclic) bond motifs is 1. The Kier molecular flexibility index (Phi) is 8.60. The maximum absolute atomic E-state index is 14.3. The second-order valence-electron chi connectivity index (χ2n) is 10.3. The summed E-state index contributed by atoms with van der Waals surface area (Å²) in [6.07, 6.45) is 0.857. The summed E-state index contributed by atoms with van der Waals surface area (Å²) in [5, 5.41) is 0.212. The highest BCUT2D eigenvalue weighted by atomic mass is 35.5. The zero-order chi connectivity index (χ0) is 29.2. The predicted molar refractivity (Wildman–Crippen MR) is 147 cm³/mol. The van der Waals surface area contributed by atoms with E-state index in [1.807, 2.05) is 0 Å². The van der Waals surface area contributed by atoms with Crippen molar-refractivity contribution in [3.8, 4) is 11.5 Å². The largest absolute Gasteiger partial charge is 0.494 e. The molecule has 0 aliphatic carbocycles. The van der Waals surface area contributed by atoms with E-state index >= 15 is 0 Å². The van der Waals surface area contributed by atoms with Crippen LogP contribution in [0.3, 0.4) is 0 Å². The molecular formula is C29H30ClF2NO6S. The lowest BCUT2D eigenvalue weighted by atomic mass is 9.79. The Balaban J connectivity index is 1.73. The van der Waals surface area contributed by atoms with E-state index in [0.29, 0.717) is 29.8 Å². The van der Waals surface area contributed by atoms with Gasteiger partial charge in [-0.1, -0.05) is 23.7 Å². The third-order valence-electron chi connectivity index (χ3n) is 6.95. The molecular weight excluding hydrogens is 564 g/mol. The standard InChI is InChI=1S/C29H30ClF2NO6S/c1-29(2,28(34)38-4)15-18-12-19-8-9-20(39-17-22-23(30)6-5-7-24(22)31)13-26(19)33(16-18)40(35,36)21-10-11-25(32)27(14-21)37-3/h5-11,13-14,18H,12,15-17H2,1-4H3. The molecule has 1 heterocycles. The molecule has 1 atom stereocenters. The summed E-state index contributed by atoms with van der Waals surface area (Å²) in [4.78, 5) is 12.2. The van der Waals surface area contributed by atoms with Crippen molar-refractivity contribution in [1.82, 2.24) is 0 Å². The van der Waals surface area contributed by atoms with Gasteiger partial charge in [0.15, 0.2) is 11.6 Å². The van der Waals surface area contributed by atoms with Gasteiger partial charge in [0.1, 0.15) is 18.2 Å². The maximum Gasteiger partial charge on any atom is 0.311 e. The monoisotopic (exact) mass is 593 g/mol. The molecule has 4 rings (SSSR count). The van der Waals surface area contributed by atoms with Crippen molar-refractivity contribution in [3.05, 3.63) is 82.4 Å². The van der Waals surface area contributed by atoms with Gasteiger partial charge < -0.3 is 14.2 Å². The van der Waals surface area contributed by atoms with E-state index in [2.05, 4.69) is 0 Å². The lowest BCUT2D eigenvalue weighted by Gasteiger charge is -2.38. The van der Waals surface area contributed by atoms with E-state index in [1.54, 1.807) is 38.1 Å². The van der Waals surface area contributed by atoms with Crippen molar-refractivity contribution >= 4 is 33.3 Å². The molecule has 0 saturated heterocycles. The van der Waals surface area contributed by atoms with Crippen molar-refractivity contribution in [1.29, 1.82) is 0 Å². The molecule has 3 aromatic carbocycles. The number of nitrogens with zero attached hydrogens (tertiary/aromatic N) is 1. The summed E-state index contributed by atoms with van der Waals surface area (Å²) >= 11 is 6.12. The predicted octanol–water partition coefficient (Wildman–Crippen LogP) is 6.16. The fourth-order valence-electron chi connectivity index (χ4n) is 4.95. The average molecular weight is 594 g/mol. The molecule has 1 aliphatic rings. The van der Waals surface area contributed by atoms with Crippen molar-refractivity contribution in [2.75, 3.05) is 25.1 Å². The van der Waals surface area contributed by atoms with Gasteiger partial charge in [0.05, 0.1) is 35.2 Å². The zero-order valence-corrected chi connectivity index (χ0v) is 24.1. The number of methoxy groups -OCH3 is 2. The van der Waals surface area contributed by atoms with Gasteiger partial charge in [0.25, 0.3) is 10.0 Å². The van der Waals surface area contributed by atoms with Crippen LogP contribution in [0, 0.1) is 23.0 Å². The van der Waals surface area contributed by atoms with Crippen molar-refractivity contribution in [2.24, 2.45) is 11.3 Å². The van der Waals surface area contributed by atoms with Gasteiger partial charge in [-0.15, -0.1) is 0 Å². The molecule has 0 N–H and O–H groups in total. The first kappa shape index (κ1) is 29.6. The van der Waals surface area contributed by atoms with Crippen LogP contribution >= 0.6 is 11.6 Å². The minimum absolute atomic E-state index is 0.0536. The van der Waals surface area contributed by atoms with Crippen molar-refractivity contribution in [2.45, 2.75) is 38.2 Å². The highest BCUT2D eigenvalue weighted by Crippen LogP contribution is 2.41. The number of hydrogen-bond acceptors (Lipinski definition) is 6. The Morgan fingerprint density at radius 3 is 2.50 bits per heavy atom. The quantitative estimate of drug-likeness (QED) is 0.276. The number of esters is 1. The third-order valence-corrected chi connectivity index (χ3v) is 9.08. The van der Waals surface area contributed by atoms with Crippen LogP contribution in [0.4, 0.5) is 14.5 Å². The van der Waals surface area contributed by atoms with Crippen LogP contribution in [0.5, 0.6) is 11.5 Å². The Morgan fingerprint density at radius 2 is 1.82 bits per heavy atom. The van der Waals surface area contributed by atoms with Crippen LogP contribution in [0.25, 0.3) is 0 Å². The minimum Gasteiger partial charge on any atom is -0.494 e. The first-order valence-electron chi connectivity index (χ1n) is 12.5. The molecule has 0 radical (unpaired) electrons. The summed E-state index contributed by atoms with van der Waals surface area (Å²) in [5.74, 6) is -1.74. The molecule has 0 saturated carbocycles. The normalized spacial score (nSPS) is 15.4. The Bertz CT molecular complexity index is 1510. The highest BCUT2D eigenvalue weighted by Gasteiger charge is 2.39. The van der Waals surface area contributed by atoms with Crippen LogP contribution in [0.1, 0.15) is 31.4 Å². The fourth-order valence-corrected chi connectivity index (χ4v) is 6.75. The molecule has 0 bridgehead atoms. The van der Waals surface area contributed by atoms with Gasteiger partial charge in [0, 0.05) is 24.2 Å². The zero-order valence-electron chi connectivity index (χ0n) is 22.5. The number of halogens is 3. The molecule has 1 unspecified atom stereocenters. The third kappa shape index (κ3) is 6.02. The van der Waals surface area contributed by atoms with Crippen LogP contribution < -0.4 is 13.8 Å². The summed E-state index contributed by atoms with van der Waals surface area (Å²) in [7, 11) is -1.64. The van der Waals surface area contributed by atoms with Crippen LogP contribution in [-0.4, -0.2) is 35.2 Å². The number of carbonyl (C=O) groups excluding carboxylic acids is 1. The summed E-state index contributed by atoms with van der Waals surface area (Å²) in [6.45, 7) is 3.39. The molecule has 3 aromatic rings. The molecule has 0 fully saturated rings. The van der Waals surface area contributed by atoms with E-state index in [1.165, 1.54) is 36.7 Å². The van der Waals surface area contributed by atoms with Gasteiger partial charge in [-0.2, -0.15) is 0 Å². The molecule has 7 nitrogen and oxygen atoms in total. The number of hydrogen-bond donors (Lipinski definition) is 0. The fraction of sp³-hybridized carbons (Fsp3) is 0.345. The summed E-state index contributed by atoms with van der Waals surface area (Å²) in [6, 6.07) is 12.7. The van der Waals surface area contributed by atoms with Crippen LogP contribution in [-0.2, 0) is 32.6 Å². The molecule has 40 heavy (non-hydrogen) atoms. The maximum atomic E-state index is 14.3. The van der Waals surface area contributed by atoms with Crippen LogP contribution in [0.2, 0.25) is 5.02 Å². The van der Waals surface area contributed by atoms with Crippen LogP contribution in [0.15, 0.2) is 59.5 Å². The number of carbonyl (C=O) groups is 1. The number of sulfonamides is 1. The summed E-state index contributed by atoms with van der Waals surface area (Å²) < 4.78 is 73.3. The Hall–Kier alpha value is -3.37. The first-order chi connectivity index (χ1) is 18.9. The van der Waals surface area contributed by atoms with E-state index in [0.717, 1.165) is 12.1 Å². The van der Waals surface area contributed by atoms with Gasteiger partial charge in [-0.25, -0.2) is 17.2 Å². The molecule has 11 heteroatoms. The van der Waals surface area contributed by atoms with E-state index in [9.17, 15) is 22.0 Å². The number of ether oxygens (including phenoxy) is 3. The molecule has 214 valence electrons. The number of rotatable bonds is 9. The van der Waals surface area contributed by atoms with E-state index < -0.39 is 33.0 Å². The smallest absolute Gasteiger partial charge is 0.311 e. The summed E-state index contributed by atoms with van der Waals surface area (Å²) in [5.41, 5.74) is 0.404. The van der Waals surface area contributed by atoms with Gasteiger partial charge >= 0.3 is 5.97 Å². The lowest BCUT2D eigenvalue weighted by Crippen LogP contribution is -2.42. The Labute approximate surface area is 237 Å². The second-order valence-corrected chi connectivity index (χ2v) is 12.5. The number of benzene rings is 3. The molecule has 0 spiro atoms. The highest BCUT2D eigenvalue weighted by molar-refractivity contribution is 7.92. The van der Waals surface area contributed by atoms with Gasteiger partial charge in [-0.05, 0) is 68.5 Å². The second kappa shape index (κ2) is 11.6. The minimum atomic E-state index is -4.20. The average Bonchev–Trinajstić information content (AvgIpc) is 2.91. The molecule has 1 aliphatic heterocycles. The van der Waals surface area contributed by atoms with E-state index in [4.69, 9.17) is 25.8 Å². The lowest BCUT2D eigenvalue weighted by molar-refractivity contribution is -0.151. The first-order valence-corrected chi connectivity index (χ1v) is 14.3. The van der Waals surface area contributed by atoms with Crippen molar-refractivity contribution in [3.63, 3.8) is 0 Å². The Morgan fingerprint density at radius 1 is 1.07 bits per heavy atom. The van der Waals surface area contributed by atoms with Gasteiger partial charge in [-0.3, -0.25) is 9.10 Å².